The highest BCUT2D eigenvalue weighted by Gasteiger charge is 2.39. The van der Waals surface area contributed by atoms with E-state index in [0.717, 1.165) is 18.7 Å². The molecule has 1 aromatic carbocycles. The number of H-pyrrole nitrogens is 1. The number of nitrogens with one attached hydrogen (secondary N) is 2. The van der Waals surface area contributed by atoms with Crippen molar-refractivity contribution >= 4 is 16.7 Å². The third-order valence-electron chi connectivity index (χ3n) is 5.97. The molecule has 1 aliphatic heterocycles. The maximum absolute atomic E-state index is 12.2. The van der Waals surface area contributed by atoms with Gasteiger partial charge in [-0.2, -0.15) is 0 Å². The Labute approximate surface area is 182 Å². The van der Waals surface area contributed by atoms with Crippen LogP contribution in [0.5, 0.6) is 5.75 Å². The molecular formula is C23H30N6O2. The van der Waals surface area contributed by atoms with Gasteiger partial charge in [-0.25, -0.2) is 4.98 Å². The van der Waals surface area contributed by atoms with Gasteiger partial charge >= 0.3 is 0 Å². The van der Waals surface area contributed by atoms with Crippen molar-refractivity contribution in [3.8, 4) is 17.0 Å². The number of anilines is 1. The summed E-state index contributed by atoms with van der Waals surface area (Å²) in [6.07, 6.45) is 3.42. The fourth-order valence-corrected chi connectivity index (χ4v) is 4.85. The quantitative estimate of drug-likeness (QED) is 0.667. The molecule has 0 amide bonds. The number of fused-ring (bicyclic) bond motifs is 1. The van der Waals surface area contributed by atoms with Crippen LogP contribution in [0.2, 0.25) is 0 Å². The third kappa shape index (κ3) is 4.25. The molecule has 0 bridgehead atoms. The fraction of sp³-hybridized carbons (Fsp3) is 0.478. The highest BCUT2D eigenvalue weighted by molar-refractivity contribution is 5.86. The zero-order valence-electron chi connectivity index (χ0n) is 19.0. The zero-order chi connectivity index (χ0) is 22.4. The van der Waals surface area contributed by atoms with Gasteiger partial charge in [0.15, 0.2) is 5.82 Å². The number of methoxy groups -OCH3 is 1. The fourth-order valence-electron chi connectivity index (χ4n) is 4.85. The first-order chi connectivity index (χ1) is 14.6. The van der Waals surface area contributed by atoms with E-state index in [9.17, 15) is 4.79 Å². The highest BCUT2D eigenvalue weighted by Crippen LogP contribution is 2.34. The average Bonchev–Trinajstić information content (AvgIpc) is 2.70. The third-order valence-corrected chi connectivity index (χ3v) is 5.97. The molecule has 31 heavy (non-hydrogen) atoms. The number of aromatic amines is 1. The number of nitrogens with zero attached hydrogens (tertiary/aromatic N) is 4. The minimum atomic E-state index is -0.200. The smallest absolute Gasteiger partial charge is 0.258 e. The van der Waals surface area contributed by atoms with Gasteiger partial charge in [-0.1, -0.05) is 0 Å². The molecule has 8 heteroatoms. The SMILES string of the molecule is COc1cc2nc[nH]c(=O)c2cc1-c1ccc(N(C)C2CC(C)(C)NC(C)(C)C2)nn1. The molecule has 3 aromatic rings. The number of hydrogen-bond donors (Lipinski definition) is 2. The van der Waals surface area contributed by atoms with Crippen LogP contribution in [0.1, 0.15) is 40.5 Å². The molecule has 0 atom stereocenters. The van der Waals surface area contributed by atoms with Gasteiger partial charge in [0.05, 0.1) is 30.0 Å². The van der Waals surface area contributed by atoms with Crippen LogP contribution in [-0.2, 0) is 0 Å². The maximum atomic E-state index is 12.2. The second-order valence-electron chi connectivity index (χ2n) is 9.64. The normalized spacial score (nSPS) is 18.1. The lowest BCUT2D eigenvalue weighted by Crippen LogP contribution is -2.62. The zero-order valence-corrected chi connectivity index (χ0v) is 19.0. The number of piperidine rings is 1. The highest BCUT2D eigenvalue weighted by atomic mass is 16.5. The van der Waals surface area contributed by atoms with Crippen LogP contribution in [-0.4, -0.2) is 51.4 Å². The molecule has 0 radical (unpaired) electrons. The van der Waals surface area contributed by atoms with Gasteiger partial charge in [0.25, 0.3) is 5.56 Å². The predicted octanol–water partition coefficient (Wildman–Crippen LogP) is 3.13. The van der Waals surface area contributed by atoms with E-state index in [0.29, 0.717) is 34.0 Å². The summed E-state index contributed by atoms with van der Waals surface area (Å²) >= 11 is 0. The second kappa shape index (κ2) is 7.60. The van der Waals surface area contributed by atoms with Crippen molar-refractivity contribution in [2.24, 2.45) is 0 Å². The van der Waals surface area contributed by atoms with Crippen LogP contribution in [0, 0.1) is 0 Å². The van der Waals surface area contributed by atoms with E-state index in [1.165, 1.54) is 6.33 Å². The van der Waals surface area contributed by atoms with Crippen LogP contribution in [0.15, 0.2) is 35.4 Å². The average molecular weight is 423 g/mol. The van der Waals surface area contributed by atoms with Gasteiger partial charge < -0.3 is 19.9 Å². The van der Waals surface area contributed by atoms with Gasteiger partial charge in [0.1, 0.15) is 5.75 Å². The summed E-state index contributed by atoms with van der Waals surface area (Å²) in [6.45, 7) is 8.97. The minimum Gasteiger partial charge on any atom is -0.496 e. The predicted molar refractivity (Wildman–Crippen MR) is 123 cm³/mol. The molecule has 1 saturated heterocycles. The molecule has 1 aliphatic rings. The summed E-state index contributed by atoms with van der Waals surface area (Å²) in [5.41, 5.74) is 1.82. The van der Waals surface area contributed by atoms with Gasteiger partial charge in [-0.05, 0) is 58.7 Å². The van der Waals surface area contributed by atoms with Crippen molar-refractivity contribution in [3.63, 3.8) is 0 Å². The Kier molecular flexibility index (Phi) is 5.21. The van der Waals surface area contributed by atoms with Crippen LogP contribution in [0.4, 0.5) is 5.82 Å². The molecule has 0 unspecified atom stereocenters. The topological polar surface area (TPSA) is 96.0 Å². The summed E-state index contributed by atoms with van der Waals surface area (Å²) in [5, 5.41) is 13.2. The number of rotatable bonds is 4. The van der Waals surface area contributed by atoms with Crippen molar-refractivity contribution in [1.82, 2.24) is 25.5 Å². The molecular weight excluding hydrogens is 392 g/mol. The molecule has 0 saturated carbocycles. The first-order valence-corrected chi connectivity index (χ1v) is 10.5. The Morgan fingerprint density at radius 3 is 2.42 bits per heavy atom. The Morgan fingerprint density at radius 2 is 1.81 bits per heavy atom. The lowest BCUT2D eigenvalue weighted by atomic mass is 9.79. The first-order valence-electron chi connectivity index (χ1n) is 10.5. The van der Waals surface area contributed by atoms with E-state index >= 15 is 0 Å². The summed E-state index contributed by atoms with van der Waals surface area (Å²) in [7, 11) is 3.67. The van der Waals surface area contributed by atoms with Crippen LogP contribution in [0.3, 0.4) is 0 Å². The Bertz CT molecular complexity index is 1140. The monoisotopic (exact) mass is 422 g/mol. The van der Waals surface area contributed by atoms with E-state index in [1.54, 1.807) is 19.2 Å². The summed E-state index contributed by atoms with van der Waals surface area (Å²) in [4.78, 5) is 21.2. The molecule has 164 valence electrons. The largest absolute Gasteiger partial charge is 0.496 e. The molecule has 4 rings (SSSR count). The number of benzene rings is 1. The van der Waals surface area contributed by atoms with E-state index in [-0.39, 0.29) is 16.6 Å². The first kappa shape index (κ1) is 21.2. The van der Waals surface area contributed by atoms with E-state index in [2.05, 4.69) is 65.1 Å². The second-order valence-corrected chi connectivity index (χ2v) is 9.64. The van der Waals surface area contributed by atoms with Gasteiger partial charge in [0, 0.05) is 35.8 Å². The molecule has 0 spiro atoms. The van der Waals surface area contributed by atoms with E-state index < -0.39 is 0 Å². The summed E-state index contributed by atoms with van der Waals surface area (Å²) in [6, 6.07) is 7.75. The molecule has 0 aliphatic carbocycles. The Balaban J connectivity index is 1.66. The van der Waals surface area contributed by atoms with Crippen molar-refractivity contribution in [2.45, 2.75) is 57.7 Å². The molecule has 1 fully saturated rings. The van der Waals surface area contributed by atoms with Gasteiger partial charge in [0.2, 0.25) is 0 Å². The maximum Gasteiger partial charge on any atom is 0.258 e. The van der Waals surface area contributed by atoms with Crippen molar-refractivity contribution in [3.05, 3.63) is 40.9 Å². The van der Waals surface area contributed by atoms with Crippen LogP contribution >= 0.6 is 0 Å². The van der Waals surface area contributed by atoms with Crippen molar-refractivity contribution < 1.29 is 4.74 Å². The molecule has 2 N–H and O–H groups in total. The molecule has 2 aromatic heterocycles. The lowest BCUT2D eigenvalue weighted by molar-refractivity contribution is 0.160. The Morgan fingerprint density at radius 1 is 1.10 bits per heavy atom. The van der Waals surface area contributed by atoms with E-state index in [1.807, 2.05) is 12.1 Å². The number of aromatic nitrogens is 4. The van der Waals surface area contributed by atoms with Crippen LogP contribution < -0.4 is 20.5 Å². The number of hydrogen-bond acceptors (Lipinski definition) is 7. The minimum absolute atomic E-state index is 0.0492. The van der Waals surface area contributed by atoms with Crippen molar-refractivity contribution in [2.75, 3.05) is 19.1 Å². The molecule has 8 nitrogen and oxygen atoms in total. The summed E-state index contributed by atoms with van der Waals surface area (Å²) < 4.78 is 5.53. The lowest BCUT2D eigenvalue weighted by Gasteiger charge is -2.49. The van der Waals surface area contributed by atoms with Gasteiger partial charge in [-0.3, -0.25) is 4.79 Å². The van der Waals surface area contributed by atoms with E-state index in [4.69, 9.17) is 4.74 Å². The molecule has 3 heterocycles. The number of ether oxygens (including phenoxy) is 1. The van der Waals surface area contributed by atoms with Gasteiger partial charge in [-0.15, -0.1) is 10.2 Å². The van der Waals surface area contributed by atoms with Crippen molar-refractivity contribution in [1.29, 1.82) is 0 Å². The Hall–Kier alpha value is -3.00. The summed E-state index contributed by atoms with van der Waals surface area (Å²) in [5.74, 6) is 1.42. The standard InChI is InChI=1S/C23H30N6O2/c1-22(2)11-14(12-23(3,4)28-22)29(5)20-8-7-17(26-27-20)15-9-16-18(10-19(15)31-6)24-13-25-21(16)30/h7-10,13-14,28H,11-12H2,1-6H3,(H,24,25,30). The van der Waals surface area contributed by atoms with Crippen LogP contribution in [0.25, 0.3) is 22.2 Å².